The Morgan fingerprint density at radius 3 is 2.65 bits per heavy atom. The fourth-order valence-corrected chi connectivity index (χ4v) is 2.85. The lowest BCUT2D eigenvalue weighted by Crippen LogP contribution is -2.41. The average Bonchev–Trinajstić information content (AvgIpc) is 2.96. The van der Waals surface area contributed by atoms with Crippen LogP contribution in [0.4, 0.5) is 0 Å². The van der Waals surface area contributed by atoms with Gasteiger partial charge in [0.25, 0.3) is 5.91 Å². The summed E-state index contributed by atoms with van der Waals surface area (Å²) in [7, 11) is 1.52. The van der Waals surface area contributed by atoms with Crippen molar-refractivity contribution in [3.05, 3.63) is 54.1 Å². The van der Waals surface area contributed by atoms with Gasteiger partial charge < -0.3 is 14.7 Å². The summed E-state index contributed by atoms with van der Waals surface area (Å²) in [6.07, 6.45) is 3.60. The van der Waals surface area contributed by atoms with E-state index in [1.807, 2.05) is 30.3 Å². The Bertz CT molecular complexity index is 661. The largest absolute Gasteiger partial charge is 0.494 e. The quantitative estimate of drug-likeness (QED) is 0.921. The Kier molecular flexibility index (Phi) is 4.52. The van der Waals surface area contributed by atoms with E-state index in [0.29, 0.717) is 25.1 Å². The second-order valence-corrected chi connectivity index (χ2v) is 5.56. The molecule has 23 heavy (non-hydrogen) atoms. The molecule has 1 aromatic heterocycles. The number of hydrogen-bond acceptors (Lipinski definition) is 5. The molecule has 1 aliphatic rings. The SMILES string of the molecule is COc1cnc(C(=O)N2CC[C@H](O)[C@@H]2Cc2ccccc2)nc1. The Morgan fingerprint density at radius 1 is 1.30 bits per heavy atom. The summed E-state index contributed by atoms with van der Waals surface area (Å²) in [4.78, 5) is 22.4. The molecule has 1 aromatic carbocycles. The summed E-state index contributed by atoms with van der Waals surface area (Å²) >= 11 is 0. The maximum Gasteiger partial charge on any atom is 0.292 e. The predicted molar refractivity (Wildman–Crippen MR) is 84.2 cm³/mol. The first kappa shape index (κ1) is 15.4. The van der Waals surface area contributed by atoms with Gasteiger partial charge in [0.15, 0.2) is 5.75 Å². The molecular weight excluding hydrogens is 294 g/mol. The third kappa shape index (κ3) is 3.32. The highest BCUT2D eigenvalue weighted by molar-refractivity contribution is 5.91. The highest BCUT2D eigenvalue weighted by Crippen LogP contribution is 2.23. The van der Waals surface area contributed by atoms with E-state index >= 15 is 0 Å². The molecule has 1 aliphatic heterocycles. The lowest BCUT2D eigenvalue weighted by molar-refractivity contribution is 0.0628. The number of amides is 1. The van der Waals surface area contributed by atoms with E-state index in [4.69, 9.17) is 4.74 Å². The summed E-state index contributed by atoms with van der Waals surface area (Å²) in [6.45, 7) is 0.507. The second-order valence-electron chi connectivity index (χ2n) is 5.56. The van der Waals surface area contributed by atoms with Crippen molar-refractivity contribution in [2.45, 2.75) is 25.0 Å². The van der Waals surface area contributed by atoms with Crippen molar-refractivity contribution in [1.82, 2.24) is 14.9 Å². The third-order valence-corrected chi connectivity index (χ3v) is 4.11. The van der Waals surface area contributed by atoms with E-state index in [9.17, 15) is 9.90 Å². The van der Waals surface area contributed by atoms with Crippen molar-refractivity contribution >= 4 is 5.91 Å². The number of ether oxygens (including phenoxy) is 1. The van der Waals surface area contributed by atoms with Gasteiger partial charge in [0.05, 0.1) is 31.6 Å². The number of aliphatic hydroxyl groups is 1. The second kappa shape index (κ2) is 6.75. The number of hydrogen-bond donors (Lipinski definition) is 1. The zero-order valence-electron chi connectivity index (χ0n) is 12.9. The topological polar surface area (TPSA) is 75.5 Å². The van der Waals surface area contributed by atoms with Crippen LogP contribution >= 0.6 is 0 Å². The molecule has 6 heteroatoms. The summed E-state index contributed by atoms with van der Waals surface area (Å²) in [5.41, 5.74) is 1.09. The van der Waals surface area contributed by atoms with Gasteiger partial charge >= 0.3 is 0 Å². The number of methoxy groups -OCH3 is 1. The Labute approximate surface area is 134 Å². The van der Waals surface area contributed by atoms with Gasteiger partial charge in [-0.15, -0.1) is 0 Å². The van der Waals surface area contributed by atoms with Crippen molar-refractivity contribution in [3.8, 4) is 5.75 Å². The number of aromatic nitrogens is 2. The predicted octanol–water partition coefficient (Wildman–Crippen LogP) is 1.30. The normalized spacial score (nSPS) is 20.5. The fraction of sp³-hybridized carbons (Fsp3) is 0.353. The molecule has 0 bridgehead atoms. The van der Waals surface area contributed by atoms with Crippen molar-refractivity contribution in [1.29, 1.82) is 0 Å². The van der Waals surface area contributed by atoms with Crippen LogP contribution in [-0.4, -0.2) is 51.7 Å². The number of likely N-dealkylation sites (tertiary alicyclic amines) is 1. The highest BCUT2D eigenvalue weighted by atomic mass is 16.5. The van der Waals surface area contributed by atoms with E-state index in [2.05, 4.69) is 9.97 Å². The van der Waals surface area contributed by atoms with Crippen LogP contribution in [-0.2, 0) is 6.42 Å². The summed E-state index contributed by atoms with van der Waals surface area (Å²) in [6, 6.07) is 9.60. The van der Waals surface area contributed by atoms with Crippen LogP contribution in [0, 0.1) is 0 Å². The fourth-order valence-electron chi connectivity index (χ4n) is 2.85. The lowest BCUT2D eigenvalue weighted by atomic mass is 10.0. The van der Waals surface area contributed by atoms with Crippen molar-refractivity contribution in [2.75, 3.05) is 13.7 Å². The number of rotatable bonds is 4. The molecule has 1 fully saturated rings. The van der Waals surface area contributed by atoms with Crippen LogP contribution in [0.25, 0.3) is 0 Å². The van der Waals surface area contributed by atoms with Gasteiger partial charge in [0, 0.05) is 6.54 Å². The molecule has 2 aromatic rings. The van der Waals surface area contributed by atoms with Crippen LogP contribution in [0.5, 0.6) is 5.75 Å². The summed E-state index contributed by atoms with van der Waals surface area (Å²) in [5.74, 6) is 0.368. The molecule has 3 rings (SSSR count). The molecule has 0 spiro atoms. The maximum atomic E-state index is 12.6. The first-order valence-electron chi connectivity index (χ1n) is 7.58. The number of carbonyl (C=O) groups excluding carboxylic acids is 1. The number of nitrogens with zero attached hydrogens (tertiary/aromatic N) is 3. The monoisotopic (exact) mass is 313 g/mol. The molecule has 1 saturated heterocycles. The standard InChI is InChI=1S/C17H19N3O3/c1-23-13-10-18-16(19-11-13)17(22)20-8-7-15(21)14(20)9-12-5-3-2-4-6-12/h2-6,10-11,14-15,21H,7-9H2,1H3/t14-,15-/m0/s1. The van der Waals surface area contributed by atoms with E-state index in [-0.39, 0.29) is 17.8 Å². The van der Waals surface area contributed by atoms with E-state index < -0.39 is 6.10 Å². The molecule has 1 amide bonds. The smallest absolute Gasteiger partial charge is 0.292 e. The minimum atomic E-state index is -0.530. The first-order valence-corrected chi connectivity index (χ1v) is 7.58. The van der Waals surface area contributed by atoms with Crippen LogP contribution < -0.4 is 4.74 Å². The first-order chi connectivity index (χ1) is 11.2. The van der Waals surface area contributed by atoms with Gasteiger partial charge in [-0.1, -0.05) is 30.3 Å². The molecule has 0 aliphatic carbocycles. The van der Waals surface area contributed by atoms with Gasteiger partial charge in [-0.3, -0.25) is 4.79 Å². The van der Waals surface area contributed by atoms with Gasteiger partial charge in [0.2, 0.25) is 5.82 Å². The zero-order valence-corrected chi connectivity index (χ0v) is 12.9. The number of carbonyl (C=O) groups is 1. The molecule has 2 heterocycles. The van der Waals surface area contributed by atoms with Crippen molar-refractivity contribution in [2.24, 2.45) is 0 Å². The van der Waals surface area contributed by atoms with Gasteiger partial charge in [0.1, 0.15) is 0 Å². The van der Waals surface area contributed by atoms with E-state index in [1.54, 1.807) is 4.90 Å². The third-order valence-electron chi connectivity index (χ3n) is 4.11. The average molecular weight is 313 g/mol. The van der Waals surface area contributed by atoms with Gasteiger partial charge in [-0.2, -0.15) is 0 Å². The molecule has 0 unspecified atom stereocenters. The van der Waals surface area contributed by atoms with Crippen molar-refractivity contribution in [3.63, 3.8) is 0 Å². The highest BCUT2D eigenvalue weighted by Gasteiger charge is 2.37. The number of benzene rings is 1. The van der Waals surface area contributed by atoms with Gasteiger partial charge in [-0.25, -0.2) is 9.97 Å². The van der Waals surface area contributed by atoms with Crippen LogP contribution in [0.15, 0.2) is 42.7 Å². The van der Waals surface area contributed by atoms with Gasteiger partial charge in [-0.05, 0) is 18.4 Å². The Balaban J connectivity index is 1.77. The molecular formula is C17H19N3O3. The van der Waals surface area contributed by atoms with Crippen LogP contribution in [0.3, 0.4) is 0 Å². The molecule has 0 radical (unpaired) electrons. The summed E-state index contributed by atoms with van der Waals surface area (Å²) in [5, 5.41) is 10.2. The lowest BCUT2D eigenvalue weighted by Gasteiger charge is -2.25. The Morgan fingerprint density at radius 2 is 2.00 bits per heavy atom. The minimum Gasteiger partial charge on any atom is -0.494 e. The maximum absolute atomic E-state index is 12.6. The zero-order chi connectivity index (χ0) is 16.2. The Hall–Kier alpha value is -2.47. The molecule has 6 nitrogen and oxygen atoms in total. The van der Waals surface area contributed by atoms with E-state index in [0.717, 1.165) is 5.56 Å². The summed E-state index contributed by atoms with van der Waals surface area (Å²) < 4.78 is 5.00. The van der Waals surface area contributed by atoms with Crippen LogP contribution in [0.1, 0.15) is 22.6 Å². The van der Waals surface area contributed by atoms with Crippen molar-refractivity contribution < 1.29 is 14.6 Å². The van der Waals surface area contributed by atoms with Crippen LogP contribution in [0.2, 0.25) is 0 Å². The molecule has 2 atom stereocenters. The number of aliphatic hydroxyl groups excluding tert-OH is 1. The van der Waals surface area contributed by atoms with E-state index in [1.165, 1.54) is 19.5 Å². The molecule has 120 valence electrons. The minimum absolute atomic E-state index is 0.123. The molecule has 0 saturated carbocycles. The molecule has 1 N–H and O–H groups in total.